The van der Waals surface area contributed by atoms with Gasteiger partial charge in [-0.1, -0.05) is 28.1 Å². The van der Waals surface area contributed by atoms with Gasteiger partial charge in [-0.15, -0.1) is 0 Å². The summed E-state index contributed by atoms with van der Waals surface area (Å²) in [6.07, 6.45) is 4.87. The van der Waals surface area contributed by atoms with Crippen LogP contribution < -0.4 is 5.73 Å². The summed E-state index contributed by atoms with van der Waals surface area (Å²) < 4.78 is 1.16. The van der Waals surface area contributed by atoms with E-state index in [0.717, 1.165) is 10.4 Å². The molecule has 0 spiro atoms. The number of hydrogen-bond acceptors (Lipinski definition) is 1. The van der Waals surface area contributed by atoms with Crippen molar-refractivity contribution in [3.8, 4) is 0 Å². The van der Waals surface area contributed by atoms with Crippen LogP contribution >= 0.6 is 15.9 Å². The van der Waals surface area contributed by atoms with Gasteiger partial charge in [-0.05, 0) is 49.3 Å². The zero-order valence-electron chi connectivity index (χ0n) is 8.25. The Morgan fingerprint density at radius 1 is 1.00 bits per heavy atom. The van der Waals surface area contributed by atoms with Crippen LogP contribution in [-0.2, 0) is 0 Å². The van der Waals surface area contributed by atoms with Crippen LogP contribution in [0.3, 0.4) is 0 Å². The Balaban J connectivity index is 2.05. The van der Waals surface area contributed by atoms with E-state index in [0.29, 0.717) is 6.04 Å². The summed E-state index contributed by atoms with van der Waals surface area (Å²) in [4.78, 5) is 0. The first kappa shape index (κ1) is 10.2. The summed E-state index contributed by atoms with van der Waals surface area (Å²) in [5.74, 6) is 0.739. The minimum absolute atomic E-state index is 0.446. The molecule has 0 saturated heterocycles. The van der Waals surface area contributed by atoms with Gasteiger partial charge >= 0.3 is 0 Å². The Bertz CT molecular complexity index is 286. The van der Waals surface area contributed by atoms with Gasteiger partial charge in [-0.3, -0.25) is 0 Å². The summed E-state index contributed by atoms with van der Waals surface area (Å²) in [6, 6.07) is 9.16. The monoisotopic (exact) mass is 253 g/mol. The van der Waals surface area contributed by atoms with Crippen molar-refractivity contribution in [2.24, 2.45) is 5.73 Å². The highest BCUT2D eigenvalue weighted by atomic mass is 79.9. The molecule has 0 unspecified atom stereocenters. The molecule has 1 fully saturated rings. The Morgan fingerprint density at radius 2 is 1.57 bits per heavy atom. The number of benzene rings is 1. The maximum atomic E-state index is 5.89. The van der Waals surface area contributed by atoms with Gasteiger partial charge < -0.3 is 5.73 Å². The normalized spacial score (nSPS) is 27.6. The first-order valence-electron chi connectivity index (χ1n) is 5.27. The summed E-state index contributed by atoms with van der Waals surface area (Å²) in [7, 11) is 0. The first-order chi connectivity index (χ1) is 6.75. The van der Waals surface area contributed by atoms with E-state index in [-0.39, 0.29) is 0 Å². The smallest absolute Gasteiger partial charge is 0.0175 e. The van der Waals surface area contributed by atoms with Gasteiger partial charge in [0.1, 0.15) is 0 Å². The number of rotatable bonds is 1. The first-order valence-corrected chi connectivity index (χ1v) is 6.06. The second-order valence-corrected chi connectivity index (χ2v) is 5.08. The lowest BCUT2D eigenvalue weighted by Gasteiger charge is -2.26. The number of nitrogens with two attached hydrogens (primary N) is 1. The Labute approximate surface area is 93.8 Å². The predicted octanol–water partition coefficient (Wildman–Crippen LogP) is 3.43. The van der Waals surface area contributed by atoms with Gasteiger partial charge in [0.2, 0.25) is 0 Å². The van der Waals surface area contributed by atoms with Gasteiger partial charge in [-0.2, -0.15) is 0 Å². The molecule has 2 heteroatoms. The highest BCUT2D eigenvalue weighted by Crippen LogP contribution is 2.32. The summed E-state index contributed by atoms with van der Waals surface area (Å²) in [5.41, 5.74) is 7.36. The maximum absolute atomic E-state index is 5.89. The lowest BCUT2D eigenvalue weighted by Crippen LogP contribution is -2.25. The van der Waals surface area contributed by atoms with Crippen LogP contribution in [0.15, 0.2) is 28.7 Å². The summed E-state index contributed by atoms with van der Waals surface area (Å²) in [6.45, 7) is 0. The molecule has 2 rings (SSSR count). The SMILES string of the molecule is NC1CCC(c2ccc(Br)cc2)CC1. The van der Waals surface area contributed by atoms with E-state index in [1.54, 1.807) is 0 Å². The van der Waals surface area contributed by atoms with Gasteiger partial charge in [0.15, 0.2) is 0 Å². The van der Waals surface area contributed by atoms with Crippen molar-refractivity contribution in [3.63, 3.8) is 0 Å². The Kier molecular flexibility index (Phi) is 3.24. The molecule has 0 radical (unpaired) electrons. The molecule has 0 amide bonds. The highest BCUT2D eigenvalue weighted by molar-refractivity contribution is 9.10. The molecule has 76 valence electrons. The van der Waals surface area contributed by atoms with Crippen molar-refractivity contribution in [2.45, 2.75) is 37.6 Å². The van der Waals surface area contributed by atoms with Crippen LogP contribution in [0.2, 0.25) is 0 Å². The molecule has 0 aliphatic heterocycles. The quantitative estimate of drug-likeness (QED) is 0.816. The molecule has 0 atom stereocenters. The topological polar surface area (TPSA) is 26.0 Å². The molecular formula is C12H16BrN. The Hall–Kier alpha value is -0.340. The maximum Gasteiger partial charge on any atom is 0.0175 e. The van der Waals surface area contributed by atoms with Crippen molar-refractivity contribution in [1.29, 1.82) is 0 Å². The fourth-order valence-electron chi connectivity index (χ4n) is 2.19. The van der Waals surface area contributed by atoms with Crippen LogP contribution in [0, 0.1) is 0 Å². The molecule has 1 aliphatic carbocycles. The average Bonchev–Trinajstić information content (AvgIpc) is 2.21. The van der Waals surface area contributed by atoms with E-state index in [1.165, 1.54) is 31.2 Å². The molecule has 1 aromatic carbocycles. The van der Waals surface area contributed by atoms with Crippen molar-refractivity contribution in [1.82, 2.24) is 0 Å². The molecule has 14 heavy (non-hydrogen) atoms. The largest absolute Gasteiger partial charge is 0.328 e. The standard InChI is InChI=1S/C12H16BrN/c13-11-5-1-9(2-6-11)10-3-7-12(14)8-4-10/h1-2,5-6,10,12H,3-4,7-8,14H2. The molecule has 2 N–H and O–H groups in total. The van der Waals surface area contributed by atoms with Crippen LogP contribution in [0.25, 0.3) is 0 Å². The third kappa shape index (κ3) is 2.37. The van der Waals surface area contributed by atoms with E-state index in [4.69, 9.17) is 5.73 Å². The van der Waals surface area contributed by atoms with Gasteiger partial charge in [0.05, 0.1) is 0 Å². The predicted molar refractivity (Wildman–Crippen MR) is 63.3 cm³/mol. The third-order valence-corrected chi connectivity index (χ3v) is 3.64. The second-order valence-electron chi connectivity index (χ2n) is 4.16. The minimum atomic E-state index is 0.446. The average molecular weight is 254 g/mol. The van der Waals surface area contributed by atoms with Crippen molar-refractivity contribution < 1.29 is 0 Å². The summed E-state index contributed by atoms with van der Waals surface area (Å²) >= 11 is 3.46. The van der Waals surface area contributed by atoms with E-state index >= 15 is 0 Å². The third-order valence-electron chi connectivity index (χ3n) is 3.11. The van der Waals surface area contributed by atoms with E-state index in [9.17, 15) is 0 Å². The van der Waals surface area contributed by atoms with Crippen LogP contribution in [-0.4, -0.2) is 6.04 Å². The van der Waals surface area contributed by atoms with Crippen LogP contribution in [0.1, 0.15) is 37.2 Å². The zero-order valence-corrected chi connectivity index (χ0v) is 9.83. The fraction of sp³-hybridized carbons (Fsp3) is 0.500. The molecule has 1 aromatic rings. The fourth-order valence-corrected chi connectivity index (χ4v) is 2.45. The Morgan fingerprint density at radius 3 is 2.14 bits per heavy atom. The molecule has 0 heterocycles. The van der Waals surface area contributed by atoms with Gasteiger partial charge in [-0.25, -0.2) is 0 Å². The van der Waals surface area contributed by atoms with E-state index in [2.05, 4.69) is 40.2 Å². The lowest BCUT2D eigenvalue weighted by molar-refractivity contribution is 0.395. The molecule has 1 aliphatic rings. The molecule has 0 aromatic heterocycles. The van der Waals surface area contributed by atoms with Crippen LogP contribution in [0.4, 0.5) is 0 Å². The number of halogens is 1. The second kappa shape index (κ2) is 4.45. The minimum Gasteiger partial charge on any atom is -0.328 e. The van der Waals surface area contributed by atoms with Crippen molar-refractivity contribution in [2.75, 3.05) is 0 Å². The van der Waals surface area contributed by atoms with Crippen LogP contribution in [0.5, 0.6) is 0 Å². The van der Waals surface area contributed by atoms with E-state index < -0.39 is 0 Å². The molecule has 0 bridgehead atoms. The summed E-state index contributed by atoms with van der Waals surface area (Å²) in [5, 5.41) is 0. The lowest BCUT2D eigenvalue weighted by atomic mass is 9.82. The van der Waals surface area contributed by atoms with E-state index in [1.807, 2.05) is 0 Å². The molecule has 1 nitrogen and oxygen atoms in total. The zero-order chi connectivity index (χ0) is 9.97. The van der Waals surface area contributed by atoms with Gasteiger partial charge in [0.25, 0.3) is 0 Å². The highest BCUT2D eigenvalue weighted by Gasteiger charge is 2.19. The number of hydrogen-bond donors (Lipinski definition) is 1. The molecule has 1 saturated carbocycles. The van der Waals surface area contributed by atoms with Gasteiger partial charge in [0, 0.05) is 10.5 Å². The van der Waals surface area contributed by atoms with Crippen molar-refractivity contribution in [3.05, 3.63) is 34.3 Å². The van der Waals surface area contributed by atoms with Crippen molar-refractivity contribution >= 4 is 15.9 Å². The molecular weight excluding hydrogens is 238 g/mol.